The van der Waals surface area contributed by atoms with Gasteiger partial charge in [0, 0.05) is 12.7 Å². The highest BCUT2D eigenvalue weighted by Crippen LogP contribution is 2.37. The molecule has 0 unspecified atom stereocenters. The number of rotatable bonds is 2. The summed E-state index contributed by atoms with van der Waals surface area (Å²) in [6.07, 6.45) is -3.15. The Kier molecular flexibility index (Phi) is 3.56. The Balaban J connectivity index is 2.47. The topological polar surface area (TPSA) is 51.8 Å². The van der Waals surface area contributed by atoms with E-state index in [1.54, 1.807) is 6.07 Å². The molecule has 2 N–H and O–H groups in total. The monoisotopic (exact) mass is 293 g/mol. The molecule has 0 aromatic carbocycles. The zero-order valence-corrected chi connectivity index (χ0v) is 10.4. The predicted molar refractivity (Wildman–Crippen MR) is 63.2 cm³/mol. The number of pyridine rings is 1. The van der Waals surface area contributed by atoms with Crippen LogP contribution in [0, 0.1) is 0 Å². The Morgan fingerprint density at radius 1 is 1.33 bits per heavy atom. The average Bonchev–Trinajstić information content (AvgIpc) is 2.73. The van der Waals surface area contributed by atoms with Crippen LogP contribution in [0.1, 0.15) is 10.6 Å². The van der Waals surface area contributed by atoms with Crippen LogP contribution < -0.4 is 5.73 Å². The fraction of sp³-hybridized carbons (Fsp3) is 0.200. The van der Waals surface area contributed by atoms with Gasteiger partial charge in [-0.3, -0.25) is 4.98 Å². The van der Waals surface area contributed by atoms with Crippen molar-refractivity contribution in [3.63, 3.8) is 0 Å². The Bertz CT molecular complexity index is 550. The highest BCUT2D eigenvalue weighted by molar-refractivity contribution is 7.15. The molecule has 3 nitrogen and oxygen atoms in total. The third-order valence-electron chi connectivity index (χ3n) is 2.10. The minimum absolute atomic E-state index is 0.00532. The van der Waals surface area contributed by atoms with E-state index in [9.17, 15) is 13.2 Å². The van der Waals surface area contributed by atoms with Gasteiger partial charge in [-0.2, -0.15) is 13.2 Å². The summed E-state index contributed by atoms with van der Waals surface area (Å²) in [6.45, 7) is -0.208. The van der Waals surface area contributed by atoms with Crippen LogP contribution in [0.25, 0.3) is 10.7 Å². The summed E-state index contributed by atoms with van der Waals surface area (Å²) in [6, 6.07) is 3.06. The second kappa shape index (κ2) is 4.83. The number of halogens is 4. The first-order chi connectivity index (χ1) is 8.41. The predicted octanol–water partition coefficient (Wildman–Crippen LogP) is 3.34. The van der Waals surface area contributed by atoms with E-state index in [4.69, 9.17) is 17.3 Å². The number of hydrogen-bond donors (Lipinski definition) is 1. The first-order valence-electron chi connectivity index (χ1n) is 4.80. The number of thiazole rings is 1. The lowest BCUT2D eigenvalue weighted by Gasteiger charge is -2.03. The van der Waals surface area contributed by atoms with Gasteiger partial charge >= 0.3 is 6.18 Å². The summed E-state index contributed by atoms with van der Waals surface area (Å²) in [5.41, 5.74) is 4.69. The lowest BCUT2D eigenvalue weighted by Crippen LogP contribution is -2.10. The van der Waals surface area contributed by atoms with Crippen molar-refractivity contribution in [3.8, 4) is 10.7 Å². The lowest BCUT2D eigenvalue weighted by molar-refractivity contribution is -0.141. The summed E-state index contributed by atoms with van der Waals surface area (Å²) in [4.78, 5) is 7.48. The van der Waals surface area contributed by atoms with Crippen molar-refractivity contribution in [1.82, 2.24) is 9.97 Å². The molecule has 96 valence electrons. The van der Waals surface area contributed by atoms with E-state index in [0.717, 1.165) is 11.3 Å². The van der Waals surface area contributed by atoms with E-state index < -0.39 is 11.9 Å². The lowest BCUT2D eigenvalue weighted by atomic mass is 10.3. The highest BCUT2D eigenvalue weighted by atomic mass is 35.5. The fourth-order valence-electron chi connectivity index (χ4n) is 1.32. The van der Waals surface area contributed by atoms with Crippen LogP contribution in [-0.2, 0) is 12.7 Å². The minimum Gasteiger partial charge on any atom is -0.326 e. The van der Waals surface area contributed by atoms with Crippen molar-refractivity contribution in [1.29, 1.82) is 0 Å². The van der Waals surface area contributed by atoms with Crippen LogP contribution in [-0.4, -0.2) is 9.97 Å². The van der Waals surface area contributed by atoms with Crippen molar-refractivity contribution >= 4 is 22.9 Å². The molecule has 0 aliphatic rings. The molecular formula is C10H7ClF3N3S. The summed E-state index contributed by atoms with van der Waals surface area (Å²) in [5, 5.41) is 0.588. The van der Waals surface area contributed by atoms with E-state index in [0.29, 0.717) is 10.7 Å². The third-order valence-corrected chi connectivity index (χ3v) is 3.42. The van der Waals surface area contributed by atoms with Gasteiger partial charge in [-0.05, 0) is 12.1 Å². The Labute approximate surface area is 109 Å². The van der Waals surface area contributed by atoms with Crippen LogP contribution in [0.5, 0.6) is 0 Å². The smallest absolute Gasteiger partial charge is 0.326 e. The maximum atomic E-state index is 12.7. The number of hydrogen-bond acceptors (Lipinski definition) is 4. The number of aromatic nitrogens is 2. The second-order valence-electron chi connectivity index (χ2n) is 3.35. The summed E-state index contributed by atoms with van der Waals surface area (Å²) in [7, 11) is 0. The van der Waals surface area contributed by atoms with Crippen molar-refractivity contribution in [2.45, 2.75) is 12.7 Å². The fourth-order valence-corrected chi connectivity index (χ4v) is 2.37. The molecule has 0 aliphatic carbocycles. The molecule has 0 aliphatic heterocycles. The quantitative estimate of drug-likeness (QED) is 0.924. The molecule has 0 radical (unpaired) electrons. The molecule has 2 aromatic heterocycles. The van der Waals surface area contributed by atoms with Crippen LogP contribution in [0.3, 0.4) is 0 Å². The normalized spacial score (nSPS) is 11.8. The largest absolute Gasteiger partial charge is 0.434 e. The molecule has 2 aromatic rings. The number of nitrogens with two attached hydrogens (primary N) is 1. The Morgan fingerprint density at radius 2 is 2.06 bits per heavy atom. The average molecular weight is 294 g/mol. The third kappa shape index (κ3) is 2.63. The van der Waals surface area contributed by atoms with Crippen LogP contribution in [0.2, 0.25) is 5.02 Å². The van der Waals surface area contributed by atoms with E-state index in [1.165, 1.54) is 12.3 Å². The SMILES string of the molecule is NCc1sc(-c2ccc(Cl)cn2)nc1C(F)(F)F. The number of alkyl halides is 3. The molecule has 8 heteroatoms. The van der Waals surface area contributed by atoms with Gasteiger partial charge in [0.2, 0.25) is 0 Å². The molecule has 2 heterocycles. The standard InChI is InChI=1S/C10H7ClF3N3S/c11-5-1-2-6(16-4-5)9-17-8(10(12,13)14)7(3-15)18-9/h1-2,4H,3,15H2. The number of nitrogens with zero attached hydrogens (tertiary/aromatic N) is 2. The van der Waals surface area contributed by atoms with Crippen LogP contribution in [0.4, 0.5) is 13.2 Å². The maximum absolute atomic E-state index is 12.7. The molecule has 0 fully saturated rings. The molecule has 2 rings (SSSR count). The van der Waals surface area contributed by atoms with Gasteiger partial charge < -0.3 is 5.73 Å². The van der Waals surface area contributed by atoms with E-state index in [2.05, 4.69) is 9.97 Å². The molecule has 0 bridgehead atoms. The van der Waals surface area contributed by atoms with Crippen molar-refractivity contribution in [2.24, 2.45) is 5.73 Å². The molecule has 0 atom stereocenters. The van der Waals surface area contributed by atoms with E-state index in [1.807, 2.05) is 0 Å². The maximum Gasteiger partial charge on any atom is 0.434 e. The van der Waals surface area contributed by atoms with Gasteiger partial charge in [0.05, 0.1) is 15.6 Å². The molecule has 0 saturated heterocycles. The second-order valence-corrected chi connectivity index (χ2v) is 4.87. The van der Waals surface area contributed by atoms with Gasteiger partial charge in [0.25, 0.3) is 0 Å². The van der Waals surface area contributed by atoms with Crippen LogP contribution in [0.15, 0.2) is 18.3 Å². The van der Waals surface area contributed by atoms with Gasteiger partial charge in [-0.1, -0.05) is 11.6 Å². The first-order valence-corrected chi connectivity index (χ1v) is 6.00. The van der Waals surface area contributed by atoms with E-state index >= 15 is 0 Å². The molecular weight excluding hydrogens is 287 g/mol. The van der Waals surface area contributed by atoms with Gasteiger partial charge in [0.1, 0.15) is 5.01 Å². The van der Waals surface area contributed by atoms with Crippen molar-refractivity contribution < 1.29 is 13.2 Å². The molecule has 0 amide bonds. The summed E-state index contributed by atoms with van der Waals surface area (Å²) < 4.78 is 38.0. The van der Waals surface area contributed by atoms with Gasteiger partial charge in [0.15, 0.2) is 5.69 Å². The minimum atomic E-state index is -4.50. The van der Waals surface area contributed by atoms with E-state index in [-0.39, 0.29) is 16.4 Å². The van der Waals surface area contributed by atoms with Crippen LogP contribution >= 0.6 is 22.9 Å². The molecule has 0 saturated carbocycles. The van der Waals surface area contributed by atoms with Gasteiger partial charge in [-0.15, -0.1) is 11.3 Å². The molecule has 18 heavy (non-hydrogen) atoms. The zero-order valence-electron chi connectivity index (χ0n) is 8.83. The first kappa shape index (κ1) is 13.3. The highest BCUT2D eigenvalue weighted by Gasteiger charge is 2.37. The van der Waals surface area contributed by atoms with Crippen molar-refractivity contribution in [2.75, 3.05) is 0 Å². The Morgan fingerprint density at radius 3 is 2.50 bits per heavy atom. The zero-order chi connectivity index (χ0) is 13.3. The Hall–Kier alpha value is -1.18. The summed E-state index contributed by atoms with van der Waals surface area (Å²) >= 11 is 6.54. The van der Waals surface area contributed by atoms with Gasteiger partial charge in [-0.25, -0.2) is 4.98 Å². The summed E-state index contributed by atoms with van der Waals surface area (Å²) in [5.74, 6) is 0. The van der Waals surface area contributed by atoms with Crippen molar-refractivity contribution in [3.05, 3.63) is 33.9 Å². The molecule has 0 spiro atoms.